The number of aromatic nitrogens is 4. The van der Waals surface area contributed by atoms with Crippen molar-refractivity contribution in [1.82, 2.24) is 29.5 Å². The molecular formula is C28H32Cl2FN9O2. The van der Waals surface area contributed by atoms with Crippen molar-refractivity contribution >= 4 is 45.9 Å². The number of piperazine rings is 1. The molecule has 3 aromatic rings. The molecule has 2 fully saturated rings. The Labute approximate surface area is 253 Å². The largest absolute Gasteiger partial charge is 0.375 e. The first kappa shape index (κ1) is 30.1. The highest BCUT2D eigenvalue weighted by Gasteiger charge is 2.35. The minimum absolute atomic E-state index is 0.0610. The van der Waals surface area contributed by atoms with Gasteiger partial charge in [-0.3, -0.25) is 14.6 Å². The Morgan fingerprint density at radius 3 is 2.62 bits per heavy atom. The number of hydrogen-bond acceptors (Lipinski definition) is 10. The monoisotopic (exact) mass is 615 g/mol. The average molecular weight is 617 g/mol. The maximum absolute atomic E-state index is 14.4. The number of halogens is 3. The second kappa shape index (κ2) is 12.5. The highest BCUT2D eigenvalue weighted by atomic mass is 35.5. The van der Waals surface area contributed by atoms with Crippen LogP contribution < -0.4 is 15.4 Å². The van der Waals surface area contributed by atoms with Crippen LogP contribution in [0.25, 0.3) is 16.6 Å². The van der Waals surface area contributed by atoms with Gasteiger partial charge in [-0.05, 0) is 31.3 Å². The molecule has 0 aliphatic carbocycles. The second-order valence-electron chi connectivity index (χ2n) is 10.3. The smallest absolute Gasteiger partial charge is 0.298 e. The Bertz CT molecular complexity index is 1590. The summed E-state index contributed by atoms with van der Waals surface area (Å²) < 4.78 is 15.3. The fourth-order valence-electron chi connectivity index (χ4n) is 5.67. The van der Waals surface area contributed by atoms with E-state index in [0.717, 1.165) is 23.8 Å². The third kappa shape index (κ3) is 5.43. The van der Waals surface area contributed by atoms with Gasteiger partial charge in [0.05, 0.1) is 29.1 Å². The molecule has 5 rings (SSSR count). The van der Waals surface area contributed by atoms with Crippen LogP contribution in [0.3, 0.4) is 0 Å². The lowest BCUT2D eigenvalue weighted by Crippen LogP contribution is -2.60. The summed E-state index contributed by atoms with van der Waals surface area (Å²) in [7, 11) is 0. The van der Waals surface area contributed by atoms with Crippen molar-refractivity contribution in [2.24, 2.45) is 0 Å². The number of likely N-dealkylation sites (N-methyl/N-ethyl adjacent to an activating group) is 1. The molecule has 2 aromatic heterocycles. The van der Waals surface area contributed by atoms with Gasteiger partial charge in [0.1, 0.15) is 34.1 Å². The van der Waals surface area contributed by atoms with Crippen molar-refractivity contribution in [3.63, 3.8) is 0 Å². The summed E-state index contributed by atoms with van der Waals surface area (Å²) in [6.07, 6.45) is 2.17. The molecule has 0 spiro atoms. The Morgan fingerprint density at radius 2 is 1.95 bits per heavy atom. The number of hydrogen-bond donors (Lipinski definition) is 1. The van der Waals surface area contributed by atoms with E-state index in [1.807, 2.05) is 14.7 Å². The van der Waals surface area contributed by atoms with Crippen LogP contribution in [0, 0.1) is 17.1 Å². The van der Waals surface area contributed by atoms with Crippen molar-refractivity contribution in [3.8, 4) is 11.8 Å². The quantitative estimate of drug-likeness (QED) is 0.284. The average Bonchev–Trinajstić information content (AvgIpc) is 2.97. The zero-order chi connectivity index (χ0) is 30.1. The van der Waals surface area contributed by atoms with E-state index in [-0.39, 0.29) is 33.7 Å². The van der Waals surface area contributed by atoms with Crippen LogP contribution >= 0.6 is 23.2 Å². The van der Waals surface area contributed by atoms with Crippen molar-refractivity contribution in [3.05, 3.63) is 57.2 Å². The predicted molar refractivity (Wildman–Crippen MR) is 161 cm³/mol. The zero-order valence-corrected chi connectivity index (χ0v) is 24.9. The summed E-state index contributed by atoms with van der Waals surface area (Å²) in [5.74, 6) is 0.141. The van der Waals surface area contributed by atoms with Crippen LogP contribution in [0.15, 0.2) is 35.8 Å². The molecule has 2 aliphatic rings. The van der Waals surface area contributed by atoms with Gasteiger partial charge in [-0.25, -0.2) is 9.37 Å². The SMILES string of the molecule is C=CC(O)N1CCN(c2nc(N3CC(N(CC)CC)C3)nc3c(=O)n(-c4c(Cl)ccc(F)c4Cl)ncc23)CC1CC#N. The van der Waals surface area contributed by atoms with Gasteiger partial charge < -0.3 is 14.9 Å². The maximum Gasteiger partial charge on any atom is 0.298 e. The molecule has 4 heterocycles. The number of fused-ring (bicyclic) bond motifs is 1. The Morgan fingerprint density at radius 1 is 1.21 bits per heavy atom. The summed E-state index contributed by atoms with van der Waals surface area (Å²) in [5.41, 5.74) is -0.612. The van der Waals surface area contributed by atoms with Crippen LogP contribution in [0.4, 0.5) is 16.2 Å². The summed E-state index contributed by atoms with van der Waals surface area (Å²) in [4.78, 5) is 31.7. The lowest BCUT2D eigenvalue weighted by Gasteiger charge is -2.45. The molecule has 0 radical (unpaired) electrons. The molecular weight excluding hydrogens is 584 g/mol. The first-order valence-corrected chi connectivity index (χ1v) is 14.6. The zero-order valence-electron chi connectivity index (χ0n) is 23.4. The molecule has 0 bridgehead atoms. The third-order valence-electron chi connectivity index (χ3n) is 8.02. The summed E-state index contributed by atoms with van der Waals surface area (Å²) in [5, 5.41) is 24.4. The van der Waals surface area contributed by atoms with Gasteiger partial charge in [-0.2, -0.15) is 20.0 Å². The molecule has 2 unspecified atom stereocenters. The standard InChI is InChI=1S/C28H32Cl2FN9O2/c1-4-22(41)39-12-11-37(14-17(39)9-10-32)26-19-13-33-40(25-20(29)7-8-21(31)23(25)30)27(42)24(19)34-28(35-26)38-15-18(16-38)36(5-2)6-3/h4,7-8,13,17-18,22,41H,1,5-6,9,11-12,14-16H2,2-3H3. The van der Waals surface area contributed by atoms with Crippen molar-refractivity contribution in [1.29, 1.82) is 5.26 Å². The Hall–Kier alpha value is -3.34. The van der Waals surface area contributed by atoms with Crippen molar-refractivity contribution in [2.45, 2.75) is 38.6 Å². The van der Waals surface area contributed by atoms with E-state index in [0.29, 0.717) is 55.9 Å². The molecule has 1 aromatic carbocycles. The molecule has 0 saturated carbocycles. The van der Waals surface area contributed by atoms with Gasteiger partial charge in [-0.15, -0.1) is 0 Å². The normalized spacial score (nSPS) is 18.8. The molecule has 42 heavy (non-hydrogen) atoms. The van der Waals surface area contributed by atoms with E-state index in [4.69, 9.17) is 28.2 Å². The summed E-state index contributed by atoms with van der Waals surface area (Å²) >= 11 is 12.6. The van der Waals surface area contributed by atoms with E-state index in [1.165, 1.54) is 18.3 Å². The number of benzene rings is 1. The van der Waals surface area contributed by atoms with Crippen LogP contribution in [0.1, 0.15) is 20.3 Å². The van der Waals surface area contributed by atoms with Crippen LogP contribution in [-0.2, 0) is 0 Å². The summed E-state index contributed by atoms with van der Waals surface area (Å²) in [6, 6.07) is 4.66. The lowest BCUT2D eigenvalue weighted by molar-refractivity contribution is 0.00441. The number of rotatable bonds is 9. The van der Waals surface area contributed by atoms with Crippen LogP contribution in [-0.4, -0.2) is 98.8 Å². The van der Waals surface area contributed by atoms with Crippen molar-refractivity contribution in [2.75, 3.05) is 55.6 Å². The van der Waals surface area contributed by atoms with E-state index in [2.05, 4.69) is 41.5 Å². The number of aliphatic hydroxyl groups is 1. The molecule has 0 amide bonds. The van der Waals surface area contributed by atoms with Gasteiger partial charge >= 0.3 is 0 Å². The summed E-state index contributed by atoms with van der Waals surface area (Å²) in [6.45, 7) is 12.4. The fraction of sp³-hybridized carbons (Fsp3) is 0.464. The van der Waals surface area contributed by atoms with Gasteiger partial charge in [0.2, 0.25) is 5.95 Å². The van der Waals surface area contributed by atoms with E-state index in [1.54, 1.807) is 0 Å². The Balaban J connectivity index is 1.62. The predicted octanol–water partition coefficient (Wildman–Crippen LogP) is 3.06. The van der Waals surface area contributed by atoms with E-state index >= 15 is 0 Å². The molecule has 2 saturated heterocycles. The lowest BCUT2D eigenvalue weighted by atomic mass is 10.1. The fourth-order valence-corrected chi connectivity index (χ4v) is 6.20. The maximum atomic E-state index is 14.4. The second-order valence-corrected chi connectivity index (χ2v) is 11.1. The molecule has 2 atom stereocenters. The van der Waals surface area contributed by atoms with Crippen LogP contribution in [0.2, 0.25) is 10.0 Å². The van der Waals surface area contributed by atoms with E-state index in [9.17, 15) is 19.6 Å². The highest BCUT2D eigenvalue weighted by Crippen LogP contribution is 2.32. The minimum Gasteiger partial charge on any atom is -0.375 e. The number of anilines is 2. The first-order chi connectivity index (χ1) is 20.2. The molecule has 222 valence electrons. The Kier molecular flexibility index (Phi) is 8.96. The van der Waals surface area contributed by atoms with Gasteiger partial charge in [-0.1, -0.05) is 43.6 Å². The van der Waals surface area contributed by atoms with Gasteiger partial charge in [0.25, 0.3) is 5.56 Å². The van der Waals surface area contributed by atoms with Gasteiger partial charge in [0, 0.05) is 44.8 Å². The van der Waals surface area contributed by atoms with Crippen molar-refractivity contribution < 1.29 is 9.50 Å². The first-order valence-electron chi connectivity index (χ1n) is 13.8. The topological polar surface area (TPSA) is 118 Å². The number of aliphatic hydroxyl groups excluding tert-OH is 1. The van der Waals surface area contributed by atoms with E-state index < -0.39 is 17.6 Å². The number of nitrogens with zero attached hydrogens (tertiary/aromatic N) is 9. The van der Waals surface area contributed by atoms with Crippen LogP contribution in [0.5, 0.6) is 0 Å². The molecule has 11 nitrogen and oxygen atoms in total. The van der Waals surface area contributed by atoms with Gasteiger partial charge in [0.15, 0.2) is 0 Å². The molecule has 2 aliphatic heterocycles. The third-order valence-corrected chi connectivity index (χ3v) is 8.69. The number of nitriles is 1. The molecule has 1 N–H and O–H groups in total. The highest BCUT2D eigenvalue weighted by molar-refractivity contribution is 6.37. The minimum atomic E-state index is -0.893. The molecule has 14 heteroatoms.